The van der Waals surface area contributed by atoms with Crippen LogP contribution in [0.2, 0.25) is 5.15 Å². The van der Waals surface area contributed by atoms with Crippen LogP contribution >= 0.6 is 11.6 Å². The van der Waals surface area contributed by atoms with Crippen molar-refractivity contribution in [2.24, 2.45) is 0 Å². The first-order valence-corrected chi connectivity index (χ1v) is 3.99. The van der Waals surface area contributed by atoms with Crippen LogP contribution < -0.4 is 0 Å². The Morgan fingerprint density at radius 1 is 1.25 bits per heavy atom. The van der Waals surface area contributed by atoms with Crippen LogP contribution in [0, 0.1) is 0 Å². The average molecular weight is 179 g/mol. The summed E-state index contributed by atoms with van der Waals surface area (Å²) in [7, 11) is 0. The Kier molecular flexibility index (Phi) is 1.84. The van der Waals surface area contributed by atoms with Gasteiger partial charge in [-0.2, -0.15) is 0 Å². The van der Waals surface area contributed by atoms with Crippen LogP contribution in [-0.2, 0) is 0 Å². The van der Waals surface area contributed by atoms with Gasteiger partial charge in [-0.15, -0.1) is 0 Å². The highest BCUT2D eigenvalue weighted by atomic mass is 35.5. The zero-order chi connectivity index (χ0) is 8.39. The van der Waals surface area contributed by atoms with Gasteiger partial charge in [0.25, 0.3) is 0 Å². The van der Waals surface area contributed by atoms with E-state index in [4.69, 9.17) is 11.6 Å². The fourth-order valence-electron chi connectivity index (χ4n) is 1.09. The molecular formula is C9H7ClN2. The summed E-state index contributed by atoms with van der Waals surface area (Å²) in [6, 6.07) is 5.76. The molecule has 60 valence electrons. The Bertz CT molecular complexity index is 368. The highest BCUT2D eigenvalue weighted by molar-refractivity contribution is 6.29. The van der Waals surface area contributed by atoms with Crippen LogP contribution in [0.3, 0.4) is 0 Å². The average Bonchev–Trinajstić information content (AvgIpc) is 2.56. The predicted octanol–water partition coefficient (Wildman–Crippen LogP) is 2.73. The molecule has 0 unspecified atom stereocenters. The Balaban J connectivity index is 2.48. The van der Waals surface area contributed by atoms with Crippen LogP contribution in [0.1, 0.15) is 0 Å². The summed E-state index contributed by atoms with van der Waals surface area (Å²) >= 11 is 5.74. The molecule has 0 aliphatic carbocycles. The summed E-state index contributed by atoms with van der Waals surface area (Å²) in [5, 5.41) is 0.522. The van der Waals surface area contributed by atoms with Gasteiger partial charge in [-0.3, -0.25) is 0 Å². The Labute approximate surface area is 75.2 Å². The van der Waals surface area contributed by atoms with Crippen molar-refractivity contribution in [3.05, 3.63) is 41.9 Å². The number of halogens is 1. The number of H-pyrrole nitrogens is 1. The second kappa shape index (κ2) is 2.99. The van der Waals surface area contributed by atoms with E-state index < -0.39 is 0 Å². The summed E-state index contributed by atoms with van der Waals surface area (Å²) < 4.78 is 0. The normalized spacial score (nSPS) is 10.1. The molecule has 2 aromatic heterocycles. The van der Waals surface area contributed by atoms with Crippen molar-refractivity contribution in [3.63, 3.8) is 0 Å². The number of nitrogens with one attached hydrogen (secondary N) is 1. The van der Waals surface area contributed by atoms with E-state index in [0.717, 1.165) is 11.1 Å². The topological polar surface area (TPSA) is 28.7 Å². The maximum Gasteiger partial charge on any atom is 0.129 e. The number of hydrogen-bond acceptors (Lipinski definition) is 1. The summed E-state index contributed by atoms with van der Waals surface area (Å²) in [5.74, 6) is 0. The maximum absolute atomic E-state index is 5.74. The molecule has 0 saturated heterocycles. The van der Waals surface area contributed by atoms with Crippen molar-refractivity contribution in [1.82, 2.24) is 9.97 Å². The van der Waals surface area contributed by atoms with Gasteiger partial charge >= 0.3 is 0 Å². The van der Waals surface area contributed by atoms with Gasteiger partial charge in [-0.1, -0.05) is 11.6 Å². The van der Waals surface area contributed by atoms with Crippen LogP contribution in [0.5, 0.6) is 0 Å². The lowest BCUT2D eigenvalue weighted by atomic mass is 10.1. The number of hydrogen-bond donors (Lipinski definition) is 1. The number of nitrogens with zero attached hydrogens (tertiary/aromatic N) is 1. The zero-order valence-corrected chi connectivity index (χ0v) is 7.05. The smallest absolute Gasteiger partial charge is 0.129 e. The number of aromatic nitrogens is 2. The third-order valence-corrected chi connectivity index (χ3v) is 1.86. The van der Waals surface area contributed by atoms with Gasteiger partial charge in [-0.05, 0) is 29.3 Å². The first kappa shape index (κ1) is 7.37. The van der Waals surface area contributed by atoms with Gasteiger partial charge in [-0.25, -0.2) is 4.98 Å². The van der Waals surface area contributed by atoms with Crippen molar-refractivity contribution >= 4 is 11.6 Å². The Morgan fingerprint density at radius 2 is 2.17 bits per heavy atom. The van der Waals surface area contributed by atoms with Gasteiger partial charge in [0, 0.05) is 18.6 Å². The monoisotopic (exact) mass is 178 g/mol. The molecule has 12 heavy (non-hydrogen) atoms. The SMILES string of the molecule is Clc1cc(-c2cc[nH]c2)ccn1. The summed E-state index contributed by atoms with van der Waals surface area (Å²) in [6.45, 7) is 0. The maximum atomic E-state index is 5.74. The lowest BCUT2D eigenvalue weighted by molar-refractivity contribution is 1.33. The van der Waals surface area contributed by atoms with E-state index in [-0.39, 0.29) is 0 Å². The van der Waals surface area contributed by atoms with Crippen LogP contribution in [-0.4, -0.2) is 9.97 Å². The van der Waals surface area contributed by atoms with Crippen molar-refractivity contribution in [2.75, 3.05) is 0 Å². The quantitative estimate of drug-likeness (QED) is 0.669. The third-order valence-electron chi connectivity index (χ3n) is 1.66. The summed E-state index contributed by atoms with van der Waals surface area (Å²) in [6.07, 6.45) is 5.50. The van der Waals surface area contributed by atoms with E-state index in [1.165, 1.54) is 0 Å². The molecule has 1 N–H and O–H groups in total. The van der Waals surface area contributed by atoms with E-state index in [1.807, 2.05) is 30.6 Å². The standard InChI is InChI=1S/C9H7ClN2/c10-9-5-7(2-4-12-9)8-1-3-11-6-8/h1-6,11H. The zero-order valence-electron chi connectivity index (χ0n) is 6.29. The van der Waals surface area contributed by atoms with Crippen molar-refractivity contribution in [3.8, 4) is 11.1 Å². The molecular weight excluding hydrogens is 172 g/mol. The largest absolute Gasteiger partial charge is 0.367 e. The highest BCUT2D eigenvalue weighted by Crippen LogP contribution is 2.19. The van der Waals surface area contributed by atoms with E-state index in [0.29, 0.717) is 5.15 Å². The molecule has 0 aromatic carbocycles. The molecule has 0 aliphatic rings. The molecule has 2 nitrogen and oxygen atoms in total. The number of rotatable bonds is 1. The lowest BCUT2D eigenvalue weighted by Gasteiger charge is -1.95. The minimum absolute atomic E-state index is 0.522. The Hall–Kier alpha value is -1.28. The van der Waals surface area contributed by atoms with Gasteiger partial charge in [0.05, 0.1) is 0 Å². The van der Waals surface area contributed by atoms with Crippen molar-refractivity contribution < 1.29 is 0 Å². The van der Waals surface area contributed by atoms with E-state index in [2.05, 4.69) is 9.97 Å². The second-order valence-electron chi connectivity index (χ2n) is 2.47. The van der Waals surface area contributed by atoms with Gasteiger partial charge < -0.3 is 4.98 Å². The second-order valence-corrected chi connectivity index (χ2v) is 2.85. The number of aromatic amines is 1. The molecule has 0 fully saturated rings. The third kappa shape index (κ3) is 1.34. The minimum atomic E-state index is 0.522. The minimum Gasteiger partial charge on any atom is -0.367 e. The van der Waals surface area contributed by atoms with Crippen LogP contribution in [0.4, 0.5) is 0 Å². The molecule has 0 spiro atoms. The number of pyridine rings is 1. The predicted molar refractivity (Wildman–Crippen MR) is 49.0 cm³/mol. The van der Waals surface area contributed by atoms with Crippen molar-refractivity contribution in [2.45, 2.75) is 0 Å². The summed E-state index contributed by atoms with van der Waals surface area (Å²) in [4.78, 5) is 6.89. The lowest BCUT2D eigenvalue weighted by Crippen LogP contribution is -1.76. The van der Waals surface area contributed by atoms with E-state index in [9.17, 15) is 0 Å². The molecule has 0 amide bonds. The van der Waals surface area contributed by atoms with Gasteiger partial charge in [0.2, 0.25) is 0 Å². The molecule has 2 heterocycles. The highest BCUT2D eigenvalue weighted by Gasteiger charge is 1.97. The first-order valence-electron chi connectivity index (χ1n) is 3.61. The fraction of sp³-hybridized carbons (Fsp3) is 0. The Morgan fingerprint density at radius 3 is 2.83 bits per heavy atom. The fourth-order valence-corrected chi connectivity index (χ4v) is 1.26. The molecule has 0 aliphatic heterocycles. The molecule has 0 atom stereocenters. The molecule has 2 aromatic rings. The molecule has 3 heteroatoms. The first-order chi connectivity index (χ1) is 5.86. The van der Waals surface area contributed by atoms with Crippen LogP contribution in [0.15, 0.2) is 36.8 Å². The molecule has 0 radical (unpaired) electrons. The van der Waals surface area contributed by atoms with E-state index in [1.54, 1.807) is 6.20 Å². The van der Waals surface area contributed by atoms with Crippen molar-refractivity contribution in [1.29, 1.82) is 0 Å². The van der Waals surface area contributed by atoms with E-state index >= 15 is 0 Å². The van der Waals surface area contributed by atoms with Gasteiger partial charge in [0.15, 0.2) is 0 Å². The molecule has 0 bridgehead atoms. The molecule has 2 rings (SSSR count). The van der Waals surface area contributed by atoms with Gasteiger partial charge in [0.1, 0.15) is 5.15 Å². The van der Waals surface area contributed by atoms with Crippen LogP contribution in [0.25, 0.3) is 11.1 Å². The summed E-state index contributed by atoms with van der Waals surface area (Å²) in [5.41, 5.74) is 2.20. The molecule has 0 saturated carbocycles.